The molecule has 0 heterocycles. The number of hydrogen-bond donors (Lipinski definition) is 8. The van der Waals surface area contributed by atoms with Crippen molar-refractivity contribution in [3.63, 3.8) is 0 Å². The van der Waals surface area contributed by atoms with Crippen molar-refractivity contribution in [3.8, 4) is 0 Å². The average molecular weight is 408 g/mol. The van der Waals surface area contributed by atoms with Gasteiger partial charge in [0.15, 0.2) is 0 Å². The van der Waals surface area contributed by atoms with Crippen molar-refractivity contribution in [1.82, 2.24) is 16.0 Å². The Labute approximate surface area is 162 Å². The molecule has 0 aromatic carbocycles. The van der Waals surface area contributed by atoms with E-state index in [2.05, 4.69) is 28.6 Å². The molecule has 3 amide bonds. The molecule has 156 valence electrons. The van der Waals surface area contributed by atoms with Crippen LogP contribution < -0.4 is 21.7 Å². The molecule has 0 spiro atoms. The number of hydrogen-bond acceptors (Lipinski definition) is 8. The maximum absolute atomic E-state index is 12.2. The van der Waals surface area contributed by atoms with E-state index in [9.17, 15) is 29.4 Å². The predicted molar refractivity (Wildman–Crippen MR) is 98.9 cm³/mol. The van der Waals surface area contributed by atoms with Crippen molar-refractivity contribution < 1.29 is 34.5 Å². The molecule has 0 aliphatic carbocycles. The number of amides is 3. The number of aliphatic hydroxyl groups excluding tert-OH is 2. The minimum atomic E-state index is -1.43. The van der Waals surface area contributed by atoms with Crippen LogP contribution in [0.2, 0.25) is 0 Å². The summed E-state index contributed by atoms with van der Waals surface area (Å²) in [5.41, 5.74) is 5.47. The number of carbonyl (C=O) groups is 4. The van der Waals surface area contributed by atoms with Crippen LogP contribution in [0.3, 0.4) is 0 Å². The van der Waals surface area contributed by atoms with E-state index in [1.807, 2.05) is 0 Å². The molecule has 0 saturated carbocycles. The van der Waals surface area contributed by atoms with E-state index in [0.29, 0.717) is 0 Å². The van der Waals surface area contributed by atoms with Gasteiger partial charge in [0.1, 0.15) is 24.2 Å². The molecule has 0 aromatic rings. The smallest absolute Gasteiger partial charge is 0.326 e. The summed E-state index contributed by atoms with van der Waals surface area (Å²) >= 11 is 3.94. The zero-order chi connectivity index (χ0) is 21.3. The number of thiol groups is 1. The van der Waals surface area contributed by atoms with Crippen LogP contribution in [0.15, 0.2) is 0 Å². The molecule has 0 rings (SSSR count). The molecule has 8 N–H and O–H groups in total. The summed E-state index contributed by atoms with van der Waals surface area (Å²) in [4.78, 5) is 47.4. The third-order valence-electron chi connectivity index (χ3n) is 3.68. The third-order valence-corrected chi connectivity index (χ3v) is 4.05. The molecular weight excluding hydrogens is 380 g/mol. The Morgan fingerprint density at radius 2 is 1.44 bits per heavy atom. The van der Waals surface area contributed by atoms with Crippen LogP contribution in [0.25, 0.3) is 0 Å². The van der Waals surface area contributed by atoms with Crippen molar-refractivity contribution in [2.24, 2.45) is 11.7 Å². The Kier molecular flexibility index (Phi) is 10.9. The minimum absolute atomic E-state index is 0.145. The second-order valence-corrected chi connectivity index (χ2v) is 6.69. The van der Waals surface area contributed by atoms with Gasteiger partial charge in [0, 0.05) is 5.75 Å². The monoisotopic (exact) mass is 408 g/mol. The highest BCUT2D eigenvalue weighted by molar-refractivity contribution is 7.80. The third kappa shape index (κ3) is 8.12. The van der Waals surface area contributed by atoms with Gasteiger partial charge in [-0.15, -0.1) is 0 Å². The normalized spacial score (nSPS) is 16.6. The highest BCUT2D eigenvalue weighted by Crippen LogP contribution is 2.02. The van der Waals surface area contributed by atoms with Gasteiger partial charge in [0.25, 0.3) is 0 Å². The van der Waals surface area contributed by atoms with Crippen LogP contribution in [0, 0.1) is 5.92 Å². The number of aliphatic carboxylic acids is 1. The lowest BCUT2D eigenvalue weighted by Gasteiger charge is -2.24. The van der Waals surface area contributed by atoms with E-state index in [1.54, 1.807) is 13.8 Å². The van der Waals surface area contributed by atoms with Crippen molar-refractivity contribution >= 4 is 36.3 Å². The number of carbonyl (C=O) groups excluding carboxylic acids is 3. The standard InChI is InChI=1S/C15H28N4O7S/c1-6(2)11(15(25)26)19-12(22)8(4-20)17-13(23)9(5-27)18-14(24)10(16)7(3)21/h6-11,20-21,27H,4-5,16H2,1-3H3,(H,17,23)(H,18,24)(H,19,22)(H,25,26). The maximum atomic E-state index is 12.2. The van der Waals surface area contributed by atoms with Crippen LogP contribution in [0.5, 0.6) is 0 Å². The molecule has 0 fully saturated rings. The van der Waals surface area contributed by atoms with Crippen LogP contribution >= 0.6 is 12.6 Å². The molecule has 0 saturated heterocycles. The fraction of sp³-hybridized carbons (Fsp3) is 0.733. The van der Waals surface area contributed by atoms with Crippen molar-refractivity contribution in [2.75, 3.05) is 12.4 Å². The summed E-state index contributed by atoms with van der Waals surface area (Å²) in [5.74, 6) is -4.34. The van der Waals surface area contributed by atoms with Crippen molar-refractivity contribution in [1.29, 1.82) is 0 Å². The van der Waals surface area contributed by atoms with Gasteiger partial charge in [-0.3, -0.25) is 14.4 Å². The lowest BCUT2D eigenvalue weighted by atomic mass is 10.0. The fourth-order valence-corrected chi connectivity index (χ4v) is 2.17. The van der Waals surface area contributed by atoms with Gasteiger partial charge in [-0.05, 0) is 12.8 Å². The first-order chi connectivity index (χ1) is 12.5. The second kappa shape index (κ2) is 11.7. The van der Waals surface area contributed by atoms with E-state index in [-0.39, 0.29) is 5.75 Å². The number of carboxylic acid groups (broad SMARTS) is 1. The van der Waals surface area contributed by atoms with Crippen LogP contribution in [-0.2, 0) is 19.2 Å². The van der Waals surface area contributed by atoms with Gasteiger partial charge in [0.05, 0.1) is 12.7 Å². The van der Waals surface area contributed by atoms with E-state index in [4.69, 9.17) is 10.8 Å². The van der Waals surface area contributed by atoms with Gasteiger partial charge in [-0.25, -0.2) is 4.79 Å². The molecule has 27 heavy (non-hydrogen) atoms. The Balaban J connectivity index is 5.00. The van der Waals surface area contributed by atoms with Gasteiger partial charge in [0.2, 0.25) is 17.7 Å². The van der Waals surface area contributed by atoms with E-state index in [1.165, 1.54) is 6.92 Å². The number of nitrogens with two attached hydrogens (primary N) is 1. The molecule has 0 bridgehead atoms. The largest absolute Gasteiger partial charge is 0.480 e. The van der Waals surface area contributed by atoms with Gasteiger partial charge < -0.3 is 37.0 Å². The van der Waals surface area contributed by atoms with Crippen LogP contribution in [0.4, 0.5) is 0 Å². The number of carboxylic acids is 1. The predicted octanol–water partition coefficient (Wildman–Crippen LogP) is -3.19. The summed E-state index contributed by atoms with van der Waals surface area (Å²) in [6.07, 6.45) is -1.14. The first kappa shape index (κ1) is 25.1. The Morgan fingerprint density at radius 3 is 1.81 bits per heavy atom. The minimum Gasteiger partial charge on any atom is -0.480 e. The number of nitrogens with one attached hydrogen (secondary N) is 3. The highest BCUT2D eigenvalue weighted by Gasteiger charge is 2.31. The molecule has 5 atom stereocenters. The SMILES string of the molecule is CC(C)C(NC(=O)C(CO)NC(=O)C(CS)NC(=O)C(N)C(C)O)C(=O)O. The summed E-state index contributed by atoms with van der Waals surface area (Å²) in [5, 5.41) is 34.5. The number of rotatable bonds is 11. The molecule has 5 unspecified atom stereocenters. The molecule has 0 aliphatic heterocycles. The maximum Gasteiger partial charge on any atom is 0.326 e. The topological polar surface area (TPSA) is 191 Å². The lowest BCUT2D eigenvalue weighted by Crippen LogP contribution is -2.59. The summed E-state index contributed by atoms with van der Waals surface area (Å²) in [6, 6.07) is -5.08. The first-order valence-electron chi connectivity index (χ1n) is 8.25. The zero-order valence-corrected chi connectivity index (χ0v) is 16.3. The second-order valence-electron chi connectivity index (χ2n) is 6.32. The van der Waals surface area contributed by atoms with Gasteiger partial charge >= 0.3 is 5.97 Å². The molecular formula is C15H28N4O7S. The first-order valence-corrected chi connectivity index (χ1v) is 8.88. The van der Waals surface area contributed by atoms with Gasteiger partial charge in [-0.2, -0.15) is 12.6 Å². The number of aliphatic hydroxyl groups is 2. The summed E-state index contributed by atoms with van der Waals surface area (Å²) in [6.45, 7) is 3.69. The van der Waals surface area contributed by atoms with E-state index < -0.39 is 66.5 Å². The highest BCUT2D eigenvalue weighted by atomic mass is 32.1. The summed E-state index contributed by atoms with van der Waals surface area (Å²) in [7, 11) is 0. The zero-order valence-electron chi connectivity index (χ0n) is 15.4. The molecule has 0 radical (unpaired) electrons. The molecule has 0 aliphatic rings. The van der Waals surface area contributed by atoms with E-state index in [0.717, 1.165) is 0 Å². The molecule has 12 heteroatoms. The Bertz CT molecular complexity index is 544. The van der Waals surface area contributed by atoms with Crippen molar-refractivity contribution in [3.05, 3.63) is 0 Å². The lowest BCUT2D eigenvalue weighted by molar-refractivity contribution is -0.143. The van der Waals surface area contributed by atoms with Crippen LogP contribution in [-0.4, -0.2) is 81.6 Å². The fourth-order valence-electron chi connectivity index (χ4n) is 1.91. The van der Waals surface area contributed by atoms with E-state index >= 15 is 0 Å². The Hall–Kier alpha value is -1.89. The molecule has 0 aromatic heterocycles. The van der Waals surface area contributed by atoms with Gasteiger partial charge in [-0.1, -0.05) is 13.8 Å². The molecule has 11 nitrogen and oxygen atoms in total. The van der Waals surface area contributed by atoms with Crippen LogP contribution in [0.1, 0.15) is 20.8 Å². The average Bonchev–Trinajstić information content (AvgIpc) is 2.59. The Morgan fingerprint density at radius 1 is 0.963 bits per heavy atom. The quantitative estimate of drug-likeness (QED) is 0.164. The summed E-state index contributed by atoms with van der Waals surface area (Å²) < 4.78 is 0. The van der Waals surface area contributed by atoms with Crippen molar-refractivity contribution in [2.45, 2.75) is 51.0 Å².